The van der Waals surface area contributed by atoms with E-state index in [2.05, 4.69) is 5.32 Å². The molecule has 1 rings (SSSR count). The third-order valence-electron chi connectivity index (χ3n) is 3.41. The van der Waals surface area contributed by atoms with E-state index >= 15 is 0 Å². The molecule has 0 aromatic carbocycles. The smallest absolute Gasteiger partial charge is 0.245 e. The summed E-state index contributed by atoms with van der Waals surface area (Å²) in [5, 5.41) is 2.81. The first-order chi connectivity index (χ1) is 9.60. The van der Waals surface area contributed by atoms with Crippen LogP contribution in [0.15, 0.2) is 0 Å². The minimum absolute atomic E-state index is 0.000501. The van der Waals surface area contributed by atoms with Crippen LogP contribution in [0.1, 0.15) is 33.1 Å². The van der Waals surface area contributed by atoms with Gasteiger partial charge in [-0.25, -0.2) is 0 Å². The van der Waals surface area contributed by atoms with Crippen molar-refractivity contribution in [3.63, 3.8) is 0 Å². The maximum Gasteiger partial charge on any atom is 0.245 e. The Bertz CT molecular complexity index is 322. The van der Waals surface area contributed by atoms with Gasteiger partial charge in [-0.05, 0) is 13.3 Å². The van der Waals surface area contributed by atoms with Gasteiger partial charge in [0.2, 0.25) is 11.8 Å². The average Bonchev–Trinajstić information content (AvgIpc) is 2.50. The minimum atomic E-state index is -0.392. The van der Waals surface area contributed by atoms with Crippen LogP contribution in [0.3, 0.4) is 0 Å². The first-order valence-electron chi connectivity index (χ1n) is 7.26. The van der Waals surface area contributed by atoms with Crippen molar-refractivity contribution in [2.24, 2.45) is 0 Å². The average molecular weight is 286 g/mol. The van der Waals surface area contributed by atoms with E-state index < -0.39 is 6.04 Å². The first kappa shape index (κ1) is 16.9. The van der Waals surface area contributed by atoms with Gasteiger partial charge in [-0.1, -0.05) is 13.3 Å². The summed E-state index contributed by atoms with van der Waals surface area (Å²) in [4.78, 5) is 25.9. The van der Waals surface area contributed by atoms with Gasteiger partial charge in [-0.3, -0.25) is 9.59 Å². The highest BCUT2D eigenvalue weighted by atomic mass is 16.5. The Labute approximate surface area is 120 Å². The summed E-state index contributed by atoms with van der Waals surface area (Å²) >= 11 is 0. The van der Waals surface area contributed by atoms with E-state index in [-0.39, 0.29) is 17.9 Å². The second-order valence-corrected chi connectivity index (χ2v) is 5.10. The lowest BCUT2D eigenvalue weighted by Crippen LogP contribution is -2.47. The predicted octanol–water partition coefficient (Wildman–Crippen LogP) is 0.555. The Morgan fingerprint density at radius 3 is 2.70 bits per heavy atom. The highest BCUT2D eigenvalue weighted by Crippen LogP contribution is 2.13. The molecule has 116 valence electrons. The number of rotatable bonds is 8. The third kappa shape index (κ3) is 5.09. The number of amides is 2. The van der Waals surface area contributed by atoms with E-state index in [4.69, 9.17) is 9.47 Å². The summed E-state index contributed by atoms with van der Waals surface area (Å²) in [7, 11) is 1.62. The SMILES string of the molecule is CCCC1NC(=O)CC(C)N(CCOCCOC)C1=O. The predicted molar refractivity (Wildman–Crippen MR) is 75.3 cm³/mol. The van der Waals surface area contributed by atoms with Crippen molar-refractivity contribution in [2.45, 2.75) is 45.2 Å². The van der Waals surface area contributed by atoms with Crippen molar-refractivity contribution in [3.8, 4) is 0 Å². The molecule has 0 aliphatic carbocycles. The van der Waals surface area contributed by atoms with E-state index in [0.29, 0.717) is 39.2 Å². The fourth-order valence-electron chi connectivity index (χ4n) is 2.33. The zero-order valence-corrected chi connectivity index (χ0v) is 12.7. The van der Waals surface area contributed by atoms with Crippen molar-refractivity contribution >= 4 is 11.8 Å². The fraction of sp³-hybridized carbons (Fsp3) is 0.857. The number of carbonyl (C=O) groups excluding carboxylic acids is 2. The summed E-state index contributed by atoms with van der Waals surface area (Å²) in [6, 6.07) is -0.480. The van der Waals surface area contributed by atoms with Gasteiger partial charge in [0.05, 0.1) is 19.8 Å². The molecule has 1 saturated heterocycles. The molecule has 0 aromatic heterocycles. The highest BCUT2D eigenvalue weighted by Gasteiger charge is 2.32. The molecule has 0 radical (unpaired) electrons. The monoisotopic (exact) mass is 286 g/mol. The van der Waals surface area contributed by atoms with Crippen LogP contribution in [0.5, 0.6) is 0 Å². The standard InChI is InChI=1S/C14H26N2O4/c1-4-5-12-14(18)16(6-7-20-9-8-19-3)11(2)10-13(17)15-12/h11-12H,4-10H2,1-3H3,(H,15,17). The molecule has 1 heterocycles. The Morgan fingerprint density at radius 2 is 2.05 bits per heavy atom. The lowest BCUT2D eigenvalue weighted by molar-refractivity contribution is -0.135. The molecule has 2 atom stereocenters. The van der Waals surface area contributed by atoms with Crippen LogP contribution < -0.4 is 5.32 Å². The molecule has 1 aliphatic rings. The molecule has 0 aromatic rings. The number of nitrogens with zero attached hydrogens (tertiary/aromatic N) is 1. The number of carbonyl (C=O) groups is 2. The van der Waals surface area contributed by atoms with Gasteiger partial charge in [0.15, 0.2) is 0 Å². The lowest BCUT2D eigenvalue weighted by Gasteiger charge is -2.28. The number of ether oxygens (including phenoxy) is 2. The summed E-state index contributed by atoms with van der Waals surface area (Å²) in [6.45, 7) is 5.95. The summed E-state index contributed by atoms with van der Waals surface area (Å²) in [5.74, 6) is -0.0485. The maximum absolute atomic E-state index is 12.4. The molecule has 0 bridgehead atoms. The van der Waals surface area contributed by atoms with E-state index in [9.17, 15) is 9.59 Å². The van der Waals surface area contributed by atoms with Crippen LogP contribution >= 0.6 is 0 Å². The molecule has 1 N–H and O–H groups in total. The van der Waals surface area contributed by atoms with Crippen LogP contribution in [0.2, 0.25) is 0 Å². The second-order valence-electron chi connectivity index (χ2n) is 5.10. The topological polar surface area (TPSA) is 67.9 Å². The number of hydrogen-bond acceptors (Lipinski definition) is 4. The van der Waals surface area contributed by atoms with Gasteiger partial charge in [-0.15, -0.1) is 0 Å². The molecular weight excluding hydrogens is 260 g/mol. The van der Waals surface area contributed by atoms with Gasteiger partial charge >= 0.3 is 0 Å². The van der Waals surface area contributed by atoms with E-state index in [1.54, 1.807) is 12.0 Å². The van der Waals surface area contributed by atoms with E-state index in [0.717, 1.165) is 6.42 Å². The number of hydrogen-bond donors (Lipinski definition) is 1. The molecular formula is C14H26N2O4. The molecule has 1 fully saturated rings. The van der Waals surface area contributed by atoms with Gasteiger partial charge in [0, 0.05) is 26.1 Å². The summed E-state index contributed by atoms with van der Waals surface area (Å²) in [6.07, 6.45) is 1.89. The van der Waals surface area contributed by atoms with E-state index in [1.165, 1.54) is 0 Å². The van der Waals surface area contributed by atoms with Crippen molar-refractivity contribution in [1.29, 1.82) is 0 Å². The zero-order valence-electron chi connectivity index (χ0n) is 12.7. The largest absolute Gasteiger partial charge is 0.382 e. The number of methoxy groups -OCH3 is 1. The number of nitrogens with one attached hydrogen (secondary N) is 1. The van der Waals surface area contributed by atoms with Crippen molar-refractivity contribution in [1.82, 2.24) is 10.2 Å². The molecule has 0 saturated carbocycles. The fourth-order valence-corrected chi connectivity index (χ4v) is 2.33. The first-order valence-corrected chi connectivity index (χ1v) is 7.26. The van der Waals surface area contributed by atoms with Gasteiger partial charge in [-0.2, -0.15) is 0 Å². The summed E-state index contributed by atoms with van der Waals surface area (Å²) in [5.41, 5.74) is 0. The third-order valence-corrected chi connectivity index (χ3v) is 3.41. The van der Waals surface area contributed by atoms with Crippen LogP contribution in [0.4, 0.5) is 0 Å². The van der Waals surface area contributed by atoms with Gasteiger partial charge in [0.1, 0.15) is 6.04 Å². The van der Waals surface area contributed by atoms with Crippen LogP contribution in [0, 0.1) is 0 Å². The lowest BCUT2D eigenvalue weighted by atomic mass is 10.1. The van der Waals surface area contributed by atoms with Crippen LogP contribution in [-0.2, 0) is 19.1 Å². The minimum Gasteiger partial charge on any atom is -0.382 e. The van der Waals surface area contributed by atoms with Crippen molar-refractivity contribution in [3.05, 3.63) is 0 Å². The second kappa shape index (κ2) is 8.92. The maximum atomic E-state index is 12.4. The Morgan fingerprint density at radius 1 is 1.30 bits per heavy atom. The quantitative estimate of drug-likeness (QED) is 0.662. The van der Waals surface area contributed by atoms with Crippen LogP contribution in [-0.4, -0.2) is 62.3 Å². The molecule has 20 heavy (non-hydrogen) atoms. The normalized spacial score (nSPS) is 23.6. The van der Waals surface area contributed by atoms with Crippen molar-refractivity contribution in [2.75, 3.05) is 33.5 Å². The van der Waals surface area contributed by atoms with Gasteiger partial charge in [0.25, 0.3) is 0 Å². The zero-order chi connectivity index (χ0) is 15.0. The van der Waals surface area contributed by atoms with Crippen molar-refractivity contribution < 1.29 is 19.1 Å². The van der Waals surface area contributed by atoms with Gasteiger partial charge < -0.3 is 19.7 Å². The van der Waals surface area contributed by atoms with E-state index in [1.807, 2.05) is 13.8 Å². The highest BCUT2D eigenvalue weighted by molar-refractivity contribution is 5.90. The molecule has 6 nitrogen and oxygen atoms in total. The Kier molecular flexibility index (Phi) is 7.54. The molecule has 6 heteroatoms. The van der Waals surface area contributed by atoms with Crippen LogP contribution in [0.25, 0.3) is 0 Å². The Balaban J connectivity index is 2.55. The summed E-state index contributed by atoms with van der Waals surface area (Å²) < 4.78 is 10.3. The Hall–Kier alpha value is -1.14. The molecule has 0 spiro atoms. The molecule has 2 amide bonds. The molecule has 1 aliphatic heterocycles. The molecule has 2 unspecified atom stereocenters.